The molecule has 3 saturated heterocycles. The van der Waals surface area contributed by atoms with Gasteiger partial charge in [0.1, 0.15) is 0 Å². The molecule has 0 radical (unpaired) electrons. The molecule has 6 N–H and O–H groups in total. The number of carbonyl (C=O) groups excluding carboxylic acids is 3. The zero-order valence-corrected chi connectivity index (χ0v) is 60.9. The first-order chi connectivity index (χ1) is 46.4. The standard InChI is InChI=1S/3C23H29N5O4S/c3*1-13-8-9-18(26-33(5,31)32)17(11-13)23(30)27-10-6-7-14(2)21(27)19-12-20-24-16(4)15(3)22(29)28(20)25-19/h3*8-9,11-12,14,21,25-26H,6-7,10H2,1-5H3. The highest BCUT2D eigenvalue weighted by molar-refractivity contribution is 7.92. The van der Waals surface area contributed by atoms with Crippen LogP contribution in [0.25, 0.3) is 16.9 Å². The predicted octanol–water partition coefficient (Wildman–Crippen LogP) is 8.80. The molecule has 3 amide bonds. The summed E-state index contributed by atoms with van der Waals surface area (Å²) in [4.78, 5) is 98.4. The highest BCUT2D eigenvalue weighted by Gasteiger charge is 2.40. The lowest BCUT2D eigenvalue weighted by atomic mass is 9.88. The van der Waals surface area contributed by atoms with E-state index in [4.69, 9.17) is 0 Å². The maximum atomic E-state index is 13.8. The number of piperidine rings is 3. The molecule has 3 aromatic carbocycles. The lowest BCUT2D eigenvalue weighted by molar-refractivity contribution is 0.0500. The number of carbonyl (C=O) groups is 3. The van der Waals surface area contributed by atoms with Gasteiger partial charge in [0.25, 0.3) is 34.4 Å². The molecule has 6 aromatic heterocycles. The number of anilines is 3. The van der Waals surface area contributed by atoms with Crippen LogP contribution in [-0.2, 0) is 30.1 Å². The van der Waals surface area contributed by atoms with Gasteiger partial charge in [0, 0.05) is 71.6 Å². The lowest BCUT2D eigenvalue weighted by Gasteiger charge is -2.39. The molecule has 9 aromatic rings. The summed E-state index contributed by atoms with van der Waals surface area (Å²) in [5, 5.41) is 9.51. The van der Waals surface area contributed by atoms with Gasteiger partial charge in [-0.3, -0.25) is 58.2 Å². The summed E-state index contributed by atoms with van der Waals surface area (Å²) in [7, 11) is -10.7. The Kier molecular flexibility index (Phi) is 20.5. The van der Waals surface area contributed by atoms with Gasteiger partial charge in [-0.1, -0.05) is 55.7 Å². The fourth-order valence-corrected chi connectivity index (χ4v) is 15.4. The molecule has 3 aliphatic rings. The van der Waals surface area contributed by atoms with Crippen LogP contribution in [0.4, 0.5) is 17.1 Å². The first-order valence-electron chi connectivity index (χ1n) is 32.8. The molecule has 0 aliphatic carbocycles. The Labute approximate surface area is 575 Å². The van der Waals surface area contributed by atoms with Gasteiger partial charge in [-0.2, -0.15) is 0 Å². The van der Waals surface area contributed by atoms with Crippen molar-refractivity contribution in [2.24, 2.45) is 17.8 Å². The van der Waals surface area contributed by atoms with Crippen LogP contribution in [0.3, 0.4) is 0 Å². The summed E-state index contributed by atoms with van der Waals surface area (Å²) in [6.45, 7) is 24.0. The molecule has 30 heteroatoms. The number of benzene rings is 3. The average Bonchev–Trinajstić information content (AvgIpc) is 1.68. The minimum absolute atomic E-state index is 0.129. The SMILES string of the molecule is Cc1ccc(NS(C)(=O)=O)c(C(=O)N2CCCC(C)C2c2cc3nc(C)c(C)c(=O)n3[nH]2)c1.Cc1ccc(NS(C)(=O)=O)c(C(=O)N2CCCC(C)C2c2cc3nc(C)c(C)c(=O)n3[nH]2)c1.Cc1ccc(NS(C)(=O)=O)c(C(=O)N2CCCC(C)C2c2cc3nc(C)c(C)c(=O)n3[nH]2)c1. The number of aromatic amines is 3. The fraction of sp³-hybridized carbons (Fsp3) is 0.435. The van der Waals surface area contributed by atoms with E-state index in [1.807, 2.05) is 39.0 Å². The number of likely N-dealkylation sites (tertiary alicyclic amines) is 3. The van der Waals surface area contributed by atoms with Gasteiger partial charge in [0.15, 0.2) is 16.9 Å². The molecule has 9 heterocycles. The van der Waals surface area contributed by atoms with Crippen LogP contribution in [-0.4, -0.2) is 140 Å². The summed E-state index contributed by atoms with van der Waals surface area (Å²) in [6, 6.07) is 19.8. The number of nitrogens with one attached hydrogen (secondary N) is 6. The minimum Gasteiger partial charge on any atom is -0.330 e. The monoisotopic (exact) mass is 1410 g/mol. The van der Waals surface area contributed by atoms with Crippen LogP contribution >= 0.6 is 0 Å². The van der Waals surface area contributed by atoms with Gasteiger partial charge in [-0.25, -0.2) is 53.8 Å². The molecule has 27 nitrogen and oxygen atoms in total. The second kappa shape index (κ2) is 28.1. The van der Waals surface area contributed by atoms with Gasteiger partial charge in [0.05, 0.1) is 87.7 Å². The number of hydrogen-bond acceptors (Lipinski definition) is 15. The van der Waals surface area contributed by atoms with Gasteiger partial charge in [-0.15, -0.1) is 0 Å². The van der Waals surface area contributed by atoms with Gasteiger partial charge >= 0.3 is 0 Å². The smallest absolute Gasteiger partial charge is 0.275 e. The van der Waals surface area contributed by atoms with E-state index in [9.17, 15) is 54.0 Å². The maximum absolute atomic E-state index is 13.8. The molecule has 0 bridgehead atoms. The van der Waals surface area contributed by atoms with Crippen molar-refractivity contribution in [3.8, 4) is 0 Å². The van der Waals surface area contributed by atoms with E-state index in [1.165, 1.54) is 13.5 Å². The summed E-state index contributed by atoms with van der Waals surface area (Å²) in [6.07, 6.45) is 8.46. The van der Waals surface area contributed by atoms with Crippen molar-refractivity contribution < 1.29 is 39.6 Å². The van der Waals surface area contributed by atoms with Crippen molar-refractivity contribution in [3.63, 3.8) is 0 Å². The van der Waals surface area contributed by atoms with E-state index in [1.54, 1.807) is 111 Å². The van der Waals surface area contributed by atoms with Crippen molar-refractivity contribution in [2.75, 3.05) is 52.6 Å². The molecule has 0 spiro atoms. The molecule has 3 aliphatic heterocycles. The highest BCUT2D eigenvalue weighted by atomic mass is 32.2. The van der Waals surface area contributed by atoms with Crippen LogP contribution in [0.5, 0.6) is 0 Å². The molecular formula is C69H87N15O12S3. The van der Waals surface area contributed by atoms with E-state index < -0.39 is 30.1 Å². The van der Waals surface area contributed by atoms with Gasteiger partial charge < -0.3 is 14.7 Å². The number of sulfonamides is 3. The number of rotatable bonds is 12. The first kappa shape index (κ1) is 72.3. The summed E-state index contributed by atoms with van der Waals surface area (Å²) in [5.41, 5.74) is 11.2. The zero-order valence-electron chi connectivity index (χ0n) is 58.4. The van der Waals surface area contributed by atoms with Gasteiger partial charge in [0.2, 0.25) is 30.1 Å². The molecule has 0 saturated carbocycles. The number of amides is 3. The molecule has 12 rings (SSSR count). The van der Waals surface area contributed by atoms with Crippen LogP contribution in [0, 0.1) is 80.1 Å². The summed E-state index contributed by atoms with van der Waals surface area (Å²) < 4.78 is 82.9. The van der Waals surface area contributed by atoms with E-state index in [2.05, 4.69) is 65.2 Å². The van der Waals surface area contributed by atoms with Gasteiger partial charge in [-0.05, 0) is 155 Å². The van der Waals surface area contributed by atoms with Crippen LogP contribution in [0.2, 0.25) is 0 Å². The summed E-state index contributed by atoms with van der Waals surface area (Å²) in [5.74, 6) is -0.382. The third-order valence-electron chi connectivity index (χ3n) is 19.0. The number of hydrogen-bond donors (Lipinski definition) is 6. The minimum atomic E-state index is -3.56. The second-order valence-corrected chi connectivity index (χ2v) is 32.3. The Bertz CT molecular complexity index is 4730. The highest BCUT2D eigenvalue weighted by Crippen LogP contribution is 2.41. The largest absolute Gasteiger partial charge is 0.330 e. The lowest BCUT2D eigenvalue weighted by Crippen LogP contribution is -2.42. The van der Waals surface area contributed by atoms with Crippen molar-refractivity contribution in [2.45, 2.75) is 140 Å². The third-order valence-corrected chi connectivity index (χ3v) is 20.7. The molecule has 6 unspecified atom stereocenters. The van der Waals surface area contributed by atoms with Crippen LogP contribution in [0.1, 0.15) is 176 Å². The molecule has 528 valence electrons. The third kappa shape index (κ3) is 15.6. The van der Waals surface area contributed by atoms with Crippen molar-refractivity contribution >= 4 is 81.8 Å². The van der Waals surface area contributed by atoms with E-state index >= 15 is 0 Å². The number of nitrogens with zero attached hydrogens (tertiary/aromatic N) is 9. The van der Waals surface area contributed by atoms with Crippen molar-refractivity contribution in [1.29, 1.82) is 0 Å². The van der Waals surface area contributed by atoms with Crippen molar-refractivity contribution in [1.82, 2.24) is 58.5 Å². The number of fused-ring (bicyclic) bond motifs is 3. The van der Waals surface area contributed by atoms with E-state index in [0.29, 0.717) is 87.0 Å². The number of aromatic nitrogens is 9. The molecular weight excluding hydrogens is 1330 g/mol. The predicted molar refractivity (Wildman–Crippen MR) is 381 cm³/mol. The average molecular weight is 1410 g/mol. The quantitative estimate of drug-likeness (QED) is 0.0665. The zero-order chi connectivity index (χ0) is 72.2. The fourth-order valence-electron chi connectivity index (χ4n) is 13.7. The Morgan fingerprint density at radius 2 is 0.646 bits per heavy atom. The van der Waals surface area contributed by atoms with E-state index in [0.717, 1.165) is 91.1 Å². The van der Waals surface area contributed by atoms with Crippen molar-refractivity contribution in [3.05, 3.63) is 188 Å². The Morgan fingerprint density at radius 3 is 0.879 bits per heavy atom. The Balaban J connectivity index is 0.000000161. The van der Waals surface area contributed by atoms with Crippen LogP contribution in [0.15, 0.2) is 87.2 Å². The number of H-pyrrole nitrogens is 3. The number of aryl methyl sites for hydroxylation is 6. The normalized spacial score (nSPS) is 19.1. The van der Waals surface area contributed by atoms with Crippen LogP contribution < -0.4 is 30.8 Å². The van der Waals surface area contributed by atoms with E-state index in [-0.39, 0.29) is 87.3 Å². The Hall–Kier alpha value is -9.42. The topological polar surface area (TPSA) is 350 Å². The molecule has 3 fully saturated rings. The first-order valence-corrected chi connectivity index (χ1v) is 38.5. The second-order valence-electron chi connectivity index (χ2n) is 27.1. The summed E-state index contributed by atoms with van der Waals surface area (Å²) >= 11 is 0. The Morgan fingerprint density at radius 1 is 0.404 bits per heavy atom. The maximum Gasteiger partial charge on any atom is 0.275 e. The molecule has 99 heavy (non-hydrogen) atoms. The molecule has 6 atom stereocenters.